The number of aryl methyl sites for hydroxylation is 2. The summed E-state index contributed by atoms with van der Waals surface area (Å²) in [6.07, 6.45) is 3.08. The van der Waals surface area contributed by atoms with E-state index in [1.807, 2.05) is 12.1 Å². The fraction of sp³-hybridized carbons (Fsp3) is 0.438. The molecule has 1 heterocycles. The zero-order valence-corrected chi connectivity index (χ0v) is 11.9. The first-order valence-electron chi connectivity index (χ1n) is 6.95. The number of carbonyl (C=O) groups is 1. The van der Waals surface area contributed by atoms with Crippen LogP contribution in [0.4, 0.5) is 0 Å². The predicted octanol–water partition coefficient (Wildman–Crippen LogP) is 4.01. The molecular formula is C16H21NO2. The first kappa shape index (κ1) is 13.7. The van der Waals surface area contributed by atoms with Gasteiger partial charge in [-0.3, -0.25) is 0 Å². The Morgan fingerprint density at radius 2 is 2.00 bits per heavy atom. The quantitative estimate of drug-likeness (QED) is 0.881. The topological polar surface area (TPSA) is 42.2 Å². The van der Waals surface area contributed by atoms with E-state index < -0.39 is 5.97 Å². The van der Waals surface area contributed by atoms with Gasteiger partial charge in [0.2, 0.25) is 0 Å². The third kappa shape index (κ3) is 2.25. The molecule has 2 rings (SSSR count). The number of fused-ring (bicyclic) bond motifs is 1. The van der Waals surface area contributed by atoms with E-state index in [0.29, 0.717) is 5.56 Å². The van der Waals surface area contributed by atoms with Gasteiger partial charge in [0.25, 0.3) is 0 Å². The average Bonchev–Trinajstić information content (AvgIpc) is 2.65. The lowest BCUT2D eigenvalue weighted by molar-refractivity contribution is 0.0698. The van der Waals surface area contributed by atoms with Crippen LogP contribution in [0.2, 0.25) is 0 Å². The molecule has 0 aliphatic heterocycles. The molecule has 0 atom stereocenters. The van der Waals surface area contributed by atoms with Crippen LogP contribution in [0.25, 0.3) is 10.9 Å². The van der Waals surface area contributed by atoms with Crippen molar-refractivity contribution in [1.82, 2.24) is 4.57 Å². The van der Waals surface area contributed by atoms with Crippen molar-refractivity contribution in [1.29, 1.82) is 0 Å². The van der Waals surface area contributed by atoms with Crippen molar-refractivity contribution < 1.29 is 9.90 Å². The maximum absolute atomic E-state index is 11.4. The minimum Gasteiger partial charge on any atom is -0.478 e. The van der Waals surface area contributed by atoms with Crippen molar-refractivity contribution in [2.45, 2.75) is 46.6 Å². The largest absolute Gasteiger partial charge is 0.478 e. The highest BCUT2D eigenvalue weighted by Gasteiger charge is 2.18. The van der Waals surface area contributed by atoms with Gasteiger partial charge in [-0.15, -0.1) is 0 Å². The zero-order valence-electron chi connectivity index (χ0n) is 11.9. The van der Waals surface area contributed by atoms with E-state index in [9.17, 15) is 9.90 Å². The van der Waals surface area contributed by atoms with Crippen molar-refractivity contribution >= 4 is 16.9 Å². The molecule has 3 heteroatoms. The Morgan fingerprint density at radius 1 is 1.26 bits per heavy atom. The number of benzene rings is 1. The number of aromatic nitrogens is 1. The van der Waals surface area contributed by atoms with Gasteiger partial charge in [-0.2, -0.15) is 0 Å². The van der Waals surface area contributed by atoms with E-state index in [1.165, 1.54) is 11.3 Å². The van der Waals surface area contributed by atoms with E-state index in [1.54, 1.807) is 6.07 Å². The Kier molecular flexibility index (Phi) is 3.93. The molecule has 1 N–H and O–H groups in total. The van der Waals surface area contributed by atoms with Gasteiger partial charge in [-0.1, -0.05) is 32.4 Å². The lowest BCUT2D eigenvalue weighted by atomic mass is 10.0. The van der Waals surface area contributed by atoms with Gasteiger partial charge >= 0.3 is 5.97 Å². The van der Waals surface area contributed by atoms with Crippen LogP contribution in [0.15, 0.2) is 18.2 Å². The number of hydrogen-bond acceptors (Lipinski definition) is 1. The normalized spacial score (nSPS) is 11.1. The van der Waals surface area contributed by atoms with Crippen LogP contribution in [-0.4, -0.2) is 15.6 Å². The molecule has 19 heavy (non-hydrogen) atoms. The number of nitrogens with zero attached hydrogens (tertiary/aromatic N) is 1. The van der Waals surface area contributed by atoms with Gasteiger partial charge in [-0.25, -0.2) is 4.79 Å². The summed E-state index contributed by atoms with van der Waals surface area (Å²) in [5.41, 5.74) is 3.82. The van der Waals surface area contributed by atoms with E-state index in [4.69, 9.17) is 0 Å². The second kappa shape index (κ2) is 5.47. The summed E-state index contributed by atoms with van der Waals surface area (Å²) in [6.45, 7) is 7.25. The van der Waals surface area contributed by atoms with Crippen LogP contribution in [0.1, 0.15) is 48.3 Å². The van der Waals surface area contributed by atoms with Crippen molar-refractivity contribution in [2.24, 2.45) is 0 Å². The number of aromatic carboxylic acids is 1. The molecule has 0 saturated carbocycles. The van der Waals surface area contributed by atoms with Gasteiger partial charge < -0.3 is 9.67 Å². The standard InChI is InChI=1S/C16H21NO2/c1-4-7-12-11(3)17(10-5-2)15-13(12)8-6-9-14(15)16(18)19/h6,8-9H,4-5,7,10H2,1-3H3,(H,18,19). The average molecular weight is 259 g/mol. The number of hydrogen-bond donors (Lipinski definition) is 1. The minimum absolute atomic E-state index is 0.413. The second-order valence-electron chi connectivity index (χ2n) is 4.97. The highest BCUT2D eigenvalue weighted by molar-refractivity contribution is 6.03. The van der Waals surface area contributed by atoms with Crippen LogP contribution in [0.3, 0.4) is 0 Å². The molecule has 0 radical (unpaired) electrons. The third-order valence-corrected chi connectivity index (χ3v) is 3.65. The van der Waals surface area contributed by atoms with Crippen molar-refractivity contribution in [2.75, 3.05) is 0 Å². The molecule has 0 saturated heterocycles. The Hall–Kier alpha value is -1.77. The number of para-hydroxylation sites is 1. The molecule has 1 aromatic heterocycles. The lowest BCUT2D eigenvalue weighted by Crippen LogP contribution is -2.04. The van der Waals surface area contributed by atoms with Crippen LogP contribution >= 0.6 is 0 Å². The first-order chi connectivity index (χ1) is 9.11. The Balaban J connectivity index is 2.81. The van der Waals surface area contributed by atoms with Gasteiger partial charge in [-0.05, 0) is 31.4 Å². The fourth-order valence-electron chi connectivity index (χ4n) is 2.84. The highest BCUT2D eigenvalue weighted by atomic mass is 16.4. The SMILES string of the molecule is CCCc1c(C)n(CCC)c2c(C(=O)O)cccc12. The molecule has 0 amide bonds. The molecule has 2 aromatic rings. The van der Waals surface area contributed by atoms with E-state index in [2.05, 4.69) is 25.3 Å². The molecular weight excluding hydrogens is 238 g/mol. The Bertz CT molecular complexity index is 611. The van der Waals surface area contributed by atoms with Gasteiger partial charge in [0.05, 0.1) is 11.1 Å². The summed E-state index contributed by atoms with van der Waals surface area (Å²) in [6, 6.07) is 5.60. The van der Waals surface area contributed by atoms with Crippen molar-refractivity contribution in [3.63, 3.8) is 0 Å². The Labute approximate surface area is 113 Å². The van der Waals surface area contributed by atoms with Crippen LogP contribution < -0.4 is 0 Å². The number of carboxylic acids is 1. The lowest BCUT2D eigenvalue weighted by Gasteiger charge is -2.08. The molecule has 0 bridgehead atoms. The fourth-order valence-corrected chi connectivity index (χ4v) is 2.84. The predicted molar refractivity (Wildman–Crippen MR) is 77.9 cm³/mol. The molecule has 0 aliphatic rings. The smallest absolute Gasteiger partial charge is 0.337 e. The molecule has 0 aliphatic carbocycles. The molecule has 0 spiro atoms. The third-order valence-electron chi connectivity index (χ3n) is 3.65. The molecule has 1 aromatic carbocycles. The maximum atomic E-state index is 11.4. The number of carboxylic acid groups (broad SMARTS) is 1. The Morgan fingerprint density at radius 3 is 2.58 bits per heavy atom. The summed E-state index contributed by atoms with van der Waals surface area (Å²) in [5.74, 6) is -0.844. The van der Waals surface area contributed by atoms with E-state index in [-0.39, 0.29) is 0 Å². The number of rotatable bonds is 5. The summed E-state index contributed by atoms with van der Waals surface area (Å²) in [5, 5.41) is 10.5. The minimum atomic E-state index is -0.844. The highest BCUT2D eigenvalue weighted by Crippen LogP contribution is 2.30. The van der Waals surface area contributed by atoms with Crippen molar-refractivity contribution in [3.05, 3.63) is 35.0 Å². The van der Waals surface area contributed by atoms with Crippen LogP contribution in [0, 0.1) is 6.92 Å². The monoisotopic (exact) mass is 259 g/mol. The summed E-state index contributed by atoms with van der Waals surface area (Å²) >= 11 is 0. The summed E-state index contributed by atoms with van der Waals surface area (Å²) in [7, 11) is 0. The van der Waals surface area contributed by atoms with Gasteiger partial charge in [0.15, 0.2) is 0 Å². The van der Waals surface area contributed by atoms with E-state index >= 15 is 0 Å². The van der Waals surface area contributed by atoms with Crippen LogP contribution in [0.5, 0.6) is 0 Å². The van der Waals surface area contributed by atoms with Gasteiger partial charge in [0.1, 0.15) is 0 Å². The molecule has 0 fully saturated rings. The molecule has 102 valence electrons. The molecule has 0 unspecified atom stereocenters. The van der Waals surface area contributed by atoms with E-state index in [0.717, 1.165) is 36.7 Å². The maximum Gasteiger partial charge on any atom is 0.337 e. The van der Waals surface area contributed by atoms with Crippen molar-refractivity contribution in [3.8, 4) is 0 Å². The molecule has 3 nitrogen and oxygen atoms in total. The summed E-state index contributed by atoms with van der Waals surface area (Å²) in [4.78, 5) is 11.4. The first-order valence-corrected chi connectivity index (χ1v) is 6.95. The second-order valence-corrected chi connectivity index (χ2v) is 4.97. The van der Waals surface area contributed by atoms with Crippen LogP contribution in [-0.2, 0) is 13.0 Å². The summed E-state index contributed by atoms with van der Waals surface area (Å²) < 4.78 is 2.17. The zero-order chi connectivity index (χ0) is 14.0. The van der Waals surface area contributed by atoms with Gasteiger partial charge in [0, 0.05) is 17.6 Å².